The summed E-state index contributed by atoms with van der Waals surface area (Å²) in [6, 6.07) is 13.8. The fourth-order valence-corrected chi connectivity index (χ4v) is 3.09. The van der Waals surface area contributed by atoms with Gasteiger partial charge in [0.2, 0.25) is 5.91 Å². The molecule has 0 saturated carbocycles. The van der Waals surface area contributed by atoms with Gasteiger partial charge >= 0.3 is 0 Å². The number of nitrogens with zero attached hydrogens (tertiary/aromatic N) is 1. The Bertz CT molecular complexity index is 663. The largest absolute Gasteiger partial charge is 0.312 e. The van der Waals surface area contributed by atoms with Crippen LogP contribution in [-0.2, 0) is 17.6 Å². The van der Waals surface area contributed by atoms with E-state index in [4.69, 9.17) is 11.6 Å². The molecule has 2 aromatic carbocycles. The highest BCUT2D eigenvalue weighted by molar-refractivity contribution is 6.30. The van der Waals surface area contributed by atoms with Crippen molar-refractivity contribution in [3.05, 3.63) is 64.2 Å². The Labute approximate surface area is 130 Å². The summed E-state index contributed by atoms with van der Waals surface area (Å²) in [6.45, 7) is 2.89. The standard InChI is InChI=1S/C18H18ClNO/c1-13-4-2-5-15-6-3-11-20(18(13)15)17(21)12-14-7-9-16(19)10-8-14/h2,4-5,7-10H,3,6,11-12H2,1H3. The number of para-hydroxylation sites is 1. The van der Waals surface area contributed by atoms with E-state index in [2.05, 4.69) is 25.1 Å². The lowest BCUT2D eigenvalue weighted by atomic mass is 9.97. The third-order valence-corrected chi connectivity index (χ3v) is 4.24. The molecule has 0 saturated heterocycles. The highest BCUT2D eigenvalue weighted by atomic mass is 35.5. The van der Waals surface area contributed by atoms with Crippen molar-refractivity contribution in [3.8, 4) is 0 Å². The van der Waals surface area contributed by atoms with Crippen molar-refractivity contribution in [1.82, 2.24) is 0 Å². The van der Waals surface area contributed by atoms with Crippen LogP contribution >= 0.6 is 11.6 Å². The lowest BCUT2D eigenvalue weighted by Gasteiger charge is -2.31. The Kier molecular flexibility index (Phi) is 3.98. The minimum Gasteiger partial charge on any atom is -0.312 e. The number of anilines is 1. The highest BCUT2D eigenvalue weighted by Gasteiger charge is 2.23. The Morgan fingerprint density at radius 2 is 1.95 bits per heavy atom. The first-order valence-corrected chi connectivity index (χ1v) is 7.66. The molecule has 0 aromatic heterocycles. The van der Waals surface area contributed by atoms with Gasteiger partial charge in [-0.2, -0.15) is 0 Å². The van der Waals surface area contributed by atoms with E-state index < -0.39 is 0 Å². The third kappa shape index (κ3) is 2.96. The van der Waals surface area contributed by atoms with Crippen LogP contribution in [0.1, 0.15) is 23.1 Å². The van der Waals surface area contributed by atoms with Crippen molar-refractivity contribution in [2.75, 3.05) is 11.4 Å². The molecule has 0 atom stereocenters. The van der Waals surface area contributed by atoms with Gasteiger partial charge in [0.25, 0.3) is 0 Å². The molecule has 0 unspecified atom stereocenters. The Hall–Kier alpha value is -1.80. The summed E-state index contributed by atoms with van der Waals surface area (Å²) in [4.78, 5) is 14.6. The monoisotopic (exact) mass is 299 g/mol. The zero-order valence-electron chi connectivity index (χ0n) is 12.1. The molecule has 0 aliphatic carbocycles. The van der Waals surface area contributed by atoms with Crippen molar-refractivity contribution in [2.45, 2.75) is 26.2 Å². The predicted molar refractivity (Wildman–Crippen MR) is 87.0 cm³/mol. The van der Waals surface area contributed by atoms with Gasteiger partial charge in [-0.3, -0.25) is 4.79 Å². The smallest absolute Gasteiger partial charge is 0.231 e. The predicted octanol–water partition coefficient (Wildman–Crippen LogP) is 4.17. The van der Waals surface area contributed by atoms with Gasteiger partial charge < -0.3 is 4.90 Å². The van der Waals surface area contributed by atoms with Gasteiger partial charge in [0, 0.05) is 17.3 Å². The molecule has 1 aliphatic rings. The molecule has 1 heterocycles. The molecule has 21 heavy (non-hydrogen) atoms. The molecule has 1 aliphatic heterocycles. The molecular weight excluding hydrogens is 282 g/mol. The van der Waals surface area contributed by atoms with Gasteiger partial charge in [0.1, 0.15) is 0 Å². The Balaban J connectivity index is 1.85. The molecule has 0 bridgehead atoms. The molecule has 2 nitrogen and oxygen atoms in total. The SMILES string of the molecule is Cc1cccc2c1N(C(=O)Cc1ccc(Cl)cc1)CCC2. The fourth-order valence-electron chi connectivity index (χ4n) is 2.97. The van der Waals surface area contributed by atoms with E-state index in [1.807, 2.05) is 29.2 Å². The number of rotatable bonds is 2. The number of hydrogen-bond donors (Lipinski definition) is 0. The van der Waals surface area contributed by atoms with Crippen molar-refractivity contribution < 1.29 is 4.79 Å². The summed E-state index contributed by atoms with van der Waals surface area (Å²) in [5.74, 6) is 0.160. The number of amides is 1. The second-order valence-corrected chi connectivity index (χ2v) is 5.97. The van der Waals surface area contributed by atoms with E-state index in [0.29, 0.717) is 11.4 Å². The second-order valence-electron chi connectivity index (χ2n) is 5.53. The third-order valence-electron chi connectivity index (χ3n) is 3.99. The number of hydrogen-bond acceptors (Lipinski definition) is 1. The van der Waals surface area contributed by atoms with Crippen LogP contribution in [0.25, 0.3) is 0 Å². The van der Waals surface area contributed by atoms with Crippen LogP contribution in [0.2, 0.25) is 5.02 Å². The van der Waals surface area contributed by atoms with Gasteiger partial charge in [0.05, 0.1) is 6.42 Å². The summed E-state index contributed by atoms with van der Waals surface area (Å²) in [5, 5.41) is 0.699. The molecule has 108 valence electrons. The summed E-state index contributed by atoms with van der Waals surface area (Å²) in [6.07, 6.45) is 2.51. The minimum atomic E-state index is 0.160. The number of fused-ring (bicyclic) bond motifs is 1. The Morgan fingerprint density at radius 1 is 1.19 bits per heavy atom. The summed E-state index contributed by atoms with van der Waals surface area (Å²) >= 11 is 5.89. The number of aryl methyl sites for hydroxylation is 2. The summed E-state index contributed by atoms with van der Waals surface area (Å²) in [7, 11) is 0. The number of carbonyl (C=O) groups is 1. The molecule has 1 amide bonds. The average Bonchev–Trinajstić information content (AvgIpc) is 2.49. The van der Waals surface area contributed by atoms with E-state index in [-0.39, 0.29) is 5.91 Å². The molecular formula is C18H18ClNO. The van der Waals surface area contributed by atoms with Crippen LogP contribution in [0.15, 0.2) is 42.5 Å². The van der Waals surface area contributed by atoms with Crippen LogP contribution in [0.4, 0.5) is 5.69 Å². The van der Waals surface area contributed by atoms with Crippen molar-refractivity contribution in [1.29, 1.82) is 0 Å². The van der Waals surface area contributed by atoms with Crippen molar-refractivity contribution in [3.63, 3.8) is 0 Å². The summed E-state index contributed by atoms with van der Waals surface area (Å²) < 4.78 is 0. The van der Waals surface area contributed by atoms with Crippen LogP contribution in [0.3, 0.4) is 0 Å². The van der Waals surface area contributed by atoms with Crippen molar-refractivity contribution >= 4 is 23.2 Å². The number of halogens is 1. The van der Waals surface area contributed by atoms with Gasteiger partial charge in [-0.1, -0.05) is 41.9 Å². The molecule has 3 heteroatoms. The van der Waals surface area contributed by atoms with Crippen LogP contribution in [0, 0.1) is 6.92 Å². The quantitative estimate of drug-likeness (QED) is 0.815. The molecule has 0 radical (unpaired) electrons. The maximum Gasteiger partial charge on any atom is 0.231 e. The maximum atomic E-state index is 12.7. The topological polar surface area (TPSA) is 20.3 Å². The van der Waals surface area contributed by atoms with E-state index >= 15 is 0 Å². The first-order valence-electron chi connectivity index (χ1n) is 7.28. The van der Waals surface area contributed by atoms with Gasteiger partial charge in [-0.15, -0.1) is 0 Å². The minimum absolute atomic E-state index is 0.160. The zero-order valence-corrected chi connectivity index (χ0v) is 12.9. The first-order chi connectivity index (χ1) is 10.1. The van der Waals surface area contributed by atoms with Gasteiger partial charge in [-0.25, -0.2) is 0 Å². The van der Waals surface area contributed by atoms with E-state index in [9.17, 15) is 4.79 Å². The van der Waals surface area contributed by atoms with Gasteiger partial charge in [-0.05, 0) is 48.6 Å². The van der Waals surface area contributed by atoms with Crippen LogP contribution in [-0.4, -0.2) is 12.5 Å². The number of carbonyl (C=O) groups excluding carboxylic acids is 1. The van der Waals surface area contributed by atoms with E-state index in [1.54, 1.807) is 0 Å². The molecule has 2 aromatic rings. The lowest BCUT2D eigenvalue weighted by Crippen LogP contribution is -2.37. The normalized spacial score (nSPS) is 13.9. The van der Waals surface area contributed by atoms with Crippen molar-refractivity contribution in [2.24, 2.45) is 0 Å². The molecule has 3 rings (SSSR count). The Morgan fingerprint density at radius 3 is 2.71 bits per heavy atom. The first kappa shape index (κ1) is 14.2. The summed E-state index contributed by atoms with van der Waals surface area (Å²) in [5.41, 5.74) is 4.58. The molecule has 0 spiro atoms. The molecule has 0 fully saturated rings. The average molecular weight is 300 g/mol. The molecule has 0 N–H and O–H groups in total. The van der Waals surface area contributed by atoms with Crippen LogP contribution < -0.4 is 4.90 Å². The zero-order chi connectivity index (χ0) is 14.8. The van der Waals surface area contributed by atoms with Crippen LogP contribution in [0.5, 0.6) is 0 Å². The maximum absolute atomic E-state index is 12.7. The number of benzene rings is 2. The van der Waals surface area contributed by atoms with E-state index in [1.165, 1.54) is 11.1 Å². The van der Waals surface area contributed by atoms with E-state index in [0.717, 1.165) is 30.6 Å². The second kappa shape index (κ2) is 5.90. The highest BCUT2D eigenvalue weighted by Crippen LogP contribution is 2.31. The van der Waals surface area contributed by atoms with Gasteiger partial charge in [0.15, 0.2) is 0 Å². The lowest BCUT2D eigenvalue weighted by molar-refractivity contribution is -0.118. The fraction of sp³-hybridized carbons (Fsp3) is 0.278.